The van der Waals surface area contributed by atoms with E-state index >= 15 is 0 Å². The smallest absolute Gasteiger partial charge is 0.295 e. The fourth-order valence-electron chi connectivity index (χ4n) is 4.64. The van der Waals surface area contributed by atoms with E-state index in [0.29, 0.717) is 18.5 Å². The van der Waals surface area contributed by atoms with Crippen LogP contribution in [-0.4, -0.2) is 58.9 Å². The lowest BCUT2D eigenvalue weighted by Gasteiger charge is -2.28. The predicted octanol–water partition coefficient (Wildman–Crippen LogP) is 3.91. The van der Waals surface area contributed by atoms with Crippen LogP contribution in [0, 0.1) is 5.82 Å². The third kappa shape index (κ3) is 4.25. The molecule has 1 saturated heterocycles. The molecule has 0 unspecified atom stereocenters. The van der Waals surface area contributed by atoms with Gasteiger partial charge in [-0.3, -0.25) is 9.59 Å². The second-order valence-electron chi connectivity index (χ2n) is 8.50. The summed E-state index contributed by atoms with van der Waals surface area (Å²) in [6.45, 7) is 8.37. The minimum absolute atomic E-state index is 0.0291. The number of rotatable bonds is 7. The molecule has 1 fully saturated rings. The first-order valence-electron chi connectivity index (χ1n) is 11.4. The van der Waals surface area contributed by atoms with E-state index in [9.17, 15) is 19.1 Å². The highest BCUT2D eigenvalue weighted by atomic mass is 19.1. The standard InChI is InChI=1S/C26H29FN2O4/c1-4-28(5-2)12-13-29-23(19-8-6-7-9-20(19)27)22(25(31)26(29)32)24(30)17-10-11-21-18(15-17)14-16(3)33-21/h6-11,15-16,23,30H,4-5,12-14H2,1-3H3/b24-22+/t16-,23+/m1/s1. The van der Waals surface area contributed by atoms with E-state index in [2.05, 4.69) is 4.90 Å². The summed E-state index contributed by atoms with van der Waals surface area (Å²) < 4.78 is 20.6. The summed E-state index contributed by atoms with van der Waals surface area (Å²) in [4.78, 5) is 29.7. The molecule has 33 heavy (non-hydrogen) atoms. The third-order valence-electron chi connectivity index (χ3n) is 6.46. The van der Waals surface area contributed by atoms with Gasteiger partial charge >= 0.3 is 0 Å². The van der Waals surface area contributed by atoms with E-state index in [1.54, 1.807) is 36.4 Å². The molecule has 1 amide bonds. The van der Waals surface area contributed by atoms with Crippen LogP contribution in [0.15, 0.2) is 48.0 Å². The first-order valence-corrected chi connectivity index (χ1v) is 11.4. The van der Waals surface area contributed by atoms with Gasteiger partial charge in [-0.1, -0.05) is 32.0 Å². The van der Waals surface area contributed by atoms with E-state index in [-0.39, 0.29) is 29.5 Å². The maximum Gasteiger partial charge on any atom is 0.295 e. The maximum absolute atomic E-state index is 14.9. The van der Waals surface area contributed by atoms with Gasteiger partial charge in [0.1, 0.15) is 23.4 Å². The highest BCUT2D eigenvalue weighted by Gasteiger charge is 2.46. The first-order chi connectivity index (χ1) is 15.8. The maximum atomic E-state index is 14.9. The zero-order valence-electron chi connectivity index (χ0n) is 19.2. The molecule has 2 aliphatic rings. The van der Waals surface area contributed by atoms with Crippen LogP contribution >= 0.6 is 0 Å². The molecule has 0 radical (unpaired) electrons. The molecule has 6 nitrogen and oxygen atoms in total. The summed E-state index contributed by atoms with van der Waals surface area (Å²) in [5, 5.41) is 11.2. The van der Waals surface area contributed by atoms with Gasteiger partial charge in [0.2, 0.25) is 0 Å². The molecule has 2 atom stereocenters. The molecular weight excluding hydrogens is 423 g/mol. The van der Waals surface area contributed by atoms with E-state index in [1.165, 1.54) is 11.0 Å². The van der Waals surface area contributed by atoms with Gasteiger partial charge in [-0.25, -0.2) is 4.39 Å². The number of hydrogen-bond donors (Lipinski definition) is 1. The van der Waals surface area contributed by atoms with Crippen molar-refractivity contribution < 1.29 is 23.8 Å². The zero-order valence-corrected chi connectivity index (χ0v) is 19.2. The Bertz CT molecular complexity index is 1110. The number of benzene rings is 2. The van der Waals surface area contributed by atoms with Crippen molar-refractivity contribution in [2.24, 2.45) is 0 Å². The lowest BCUT2D eigenvalue weighted by molar-refractivity contribution is -0.140. The van der Waals surface area contributed by atoms with Crippen LogP contribution in [0.3, 0.4) is 0 Å². The summed E-state index contributed by atoms with van der Waals surface area (Å²) in [6, 6.07) is 10.3. The van der Waals surface area contributed by atoms with Crippen LogP contribution < -0.4 is 4.74 Å². The number of carbonyl (C=O) groups is 2. The second-order valence-corrected chi connectivity index (χ2v) is 8.50. The van der Waals surface area contributed by atoms with Gasteiger partial charge in [0.05, 0.1) is 11.6 Å². The van der Waals surface area contributed by atoms with Crippen molar-refractivity contribution in [3.05, 3.63) is 70.5 Å². The van der Waals surface area contributed by atoms with Gasteiger partial charge in [0, 0.05) is 30.6 Å². The number of carbonyl (C=O) groups excluding carboxylic acids is 2. The number of hydrogen-bond acceptors (Lipinski definition) is 5. The number of aliphatic hydroxyl groups excluding tert-OH is 1. The van der Waals surface area contributed by atoms with E-state index in [0.717, 1.165) is 24.4 Å². The number of likely N-dealkylation sites (tertiary alicyclic amines) is 1. The number of ether oxygens (including phenoxy) is 1. The molecule has 2 heterocycles. The fraction of sp³-hybridized carbons (Fsp3) is 0.385. The third-order valence-corrected chi connectivity index (χ3v) is 6.46. The van der Waals surface area contributed by atoms with Crippen LogP contribution in [0.5, 0.6) is 5.75 Å². The van der Waals surface area contributed by atoms with Gasteiger partial charge in [-0.05, 0) is 49.8 Å². The second kappa shape index (κ2) is 9.35. The predicted molar refractivity (Wildman–Crippen MR) is 123 cm³/mol. The first kappa shape index (κ1) is 23.0. The molecule has 0 bridgehead atoms. The number of Topliss-reactive ketones (excluding diaryl/α,β-unsaturated/α-hetero) is 1. The summed E-state index contributed by atoms with van der Waals surface area (Å²) in [5.74, 6) is -1.61. The van der Waals surface area contributed by atoms with Crippen LogP contribution in [0.25, 0.3) is 5.76 Å². The van der Waals surface area contributed by atoms with Crippen molar-refractivity contribution in [3.63, 3.8) is 0 Å². The Labute approximate surface area is 193 Å². The Morgan fingerprint density at radius 1 is 1.18 bits per heavy atom. The molecule has 2 aliphatic heterocycles. The molecule has 1 N–H and O–H groups in total. The number of likely N-dealkylation sites (N-methyl/N-ethyl adjacent to an activating group) is 1. The zero-order chi connectivity index (χ0) is 23.7. The molecule has 0 saturated carbocycles. The van der Waals surface area contributed by atoms with Crippen LogP contribution in [0.4, 0.5) is 4.39 Å². The summed E-state index contributed by atoms with van der Waals surface area (Å²) in [6.07, 6.45) is 0.715. The Hall–Kier alpha value is -3.19. The molecule has 2 aromatic carbocycles. The van der Waals surface area contributed by atoms with Gasteiger partial charge in [0.15, 0.2) is 0 Å². The average molecular weight is 453 g/mol. The number of halogens is 1. The molecule has 2 aromatic rings. The quantitative estimate of drug-likeness (QED) is 0.392. The van der Waals surface area contributed by atoms with Gasteiger partial charge < -0.3 is 19.6 Å². The lowest BCUT2D eigenvalue weighted by atomic mass is 9.94. The molecule has 0 spiro atoms. The topological polar surface area (TPSA) is 70.1 Å². The van der Waals surface area contributed by atoms with Crippen molar-refractivity contribution >= 4 is 17.4 Å². The van der Waals surface area contributed by atoms with E-state index < -0.39 is 23.5 Å². The number of nitrogens with zero attached hydrogens (tertiary/aromatic N) is 2. The largest absolute Gasteiger partial charge is 0.507 e. The monoisotopic (exact) mass is 452 g/mol. The highest BCUT2D eigenvalue weighted by Crippen LogP contribution is 2.41. The van der Waals surface area contributed by atoms with Crippen molar-refractivity contribution in [1.29, 1.82) is 0 Å². The highest BCUT2D eigenvalue weighted by molar-refractivity contribution is 6.46. The van der Waals surface area contributed by atoms with Gasteiger partial charge in [0.25, 0.3) is 11.7 Å². The number of fused-ring (bicyclic) bond motifs is 1. The number of amides is 1. The van der Waals surface area contributed by atoms with Crippen LogP contribution in [0.2, 0.25) is 0 Å². The molecular formula is C26H29FN2O4. The normalized spacial score (nSPS) is 21.5. The van der Waals surface area contributed by atoms with E-state index in [1.807, 2.05) is 20.8 Å². The van der Waals surface area contributed by atoms with Crippen molar-refractivity contribution in [2.75, 3.05) is 26.2 Å². The Kier molecular flexibility index (Phi) is 6.51. The van der Waals surface area contributed by atoms with Crippen molar-refractivity contribution in [1.82, 2.24) is 9.80 Å². The summed E-state index contributed by atoms with van der Waals surface area (Å²) in [5.41, 5.74) is 1.44. The van der Waals surface area contributed by atoms with Crippen LogP contribution in [0.1, 0.15) is 43.5 Å². The minimum Gasteiger partial charge on any atom is -0.507 e. The Balaban J connectivity index is 1.80. The summed E-state index contributed by atoms with van der Waals surface area (Å²) >= 11 is 0. The number of ketones is 1. The SMILES string of the molecule is CCN(CC)CCN1C(=O)C(=O)/C(=C(/O)c2ccc3c(c2)C[C@@H](C)O3)[C@@H]1c1ccccc1F. The Morgan fingerprint density at radius 3 is 2.61 bits per heavy atom. The molecule has 7 heteroatoms. The average Bonchev–Trinajstić information content (AvgIpc) is 3.30. The fourth-order valence-corrected chi connectivity index (χ4v) is 4.64. The molecule has 0 aromatic heterocycles. The van der Waals surface area contributed by atoms with Gasteiger partial charge in [-0.15, -0.1) is 0 Å². The van der Waals surface area contributed by atoms with Crippen LogP contribution in [-0.2, 0) is 16.0 Å². The van der Waals surface area contributed by atoms with E-state index in [4.69, 9.17) is 4.74 Å². The number of aliphatic hydroxyl groups is 1. The van der Waals surface area contributed by atoms with Gasteiger partial charge in [-0.2, -0.15) is 0 Å². The molecule has 174 valence electrons. The molecule has 4 rings (SSSR count). The minimum atomic E-state index is -0.995. The van der Waals surface area contributed by atoms with Crippen molar-refractivity contribution in [3.8, 4) is 5.75 Å². The summed E-state index contributed by atoms with van der Waals surface area (Å²) in [7, 11) is 0. The molecule has 0 aliphatic carbocycles. The lowest BCUT2D eigenvalue weighted by Crippen LogP contribution is -2.38. The van der Waals surface area contributed by atoms with Crippen molar-refractivity contribution in [2.45, 2.75) is 39.3 Å². The Morgan fingerprint density at radius 2 is 1.91 bits per heavy atom.